The Morgan fingerprint density at radius 1 is 1.19 bits per heavy atom. The molecule has 0 unspecified atom stereocenters. The molecule has 2 heterocycles. The Balaban J connectivity index is 1.94. The summed E-state index contributed by atoms with van der Waals surface area (Å²) in [6.45, 7) is 0. The summed E-state index contributed by atoms with van der Waals surface area (Å²) < 4.78 is 43.6. The van der Waals surface area contributed by atoms with E-state index in [0.29, 0.717) is 11.2 Å². The lowest BCUT2D eigenvalue weighted by molar-refractivity contribution is -0.137. The molecule has 0 amide bonds. The maximum atomic E-state index is 12.8. The van der Waals surface area contributed by atoms with Crippen molar-refractivity contribution in [3.63, 3.8) is 0 Å². The fourth-order valence-corrected chi connectivity index (χ4v) is 1.99. The van der Waals surface area contributed by atoms with Crippen LogP contribution in [0.4, 0.5) is 24.9 Å². The molecule has 0 saturated carbocycles. The molecular formula is C13H7ClF3N3O. The first-order chi connectivity index (χ1) is 9.93. The first-order valence-electron chi connectivity index (χ1n) is 5.79. The van der Waals surface area contributed by atoms with Crippen LogP contribution in [0.15, 0.2) is 40.9 Å². The molecule has 0 aliphatic rings. The molecule has 0 aliphatic heterocycles. The molecule has 0 fully saturated rings. The third-order valence-electron chi connectivity index (χ3n) is 2.69. The van der Waals surface area contributed by atoms with Gasteiger partial charge in [-0.05, 0) is 30.3 Å². The van der Waals surface area contributed by atoms with Crippen molar-refractivity contribution in [3.05, 3.63) is 47.1 Å². The van der Waals surface area contributed by atoms with Crippen molar-refractivity contribution >= 4 is 34.5 Å². The molecule has 1 aromatic carbocycles. The predicted molar refractivity (Wildman–Crippen MR) is 71.5 cm³/mol. The summed E-state index contributed by atoms with van der Waals surface area (Å²) >= 11 is 5.55. The summed E-state index contributed by atoms with van der Waals surface area (Å²) in [6.07, 6.45) is -2.99. The van der Waals surface area contributed by atoms with Gasteiger partial charge in [-0.25, -0.2) is 4.98 Å². The van der Waals surface area contributed by atoms with Crippen LogP contribution in [-0.2, 0) is 6.18 Å². The van der Waals surface area contributed by atoms with Gasteiger partial charge in [0.05, 0.1) is 10.6 Å². The van der Waals surface area contributed by atoms with Gasteiger partial charge in [-0.1, -0.05) is 11.6 Å². The van der Waals surface area contributed by atoms with Gasteiger partial charge in [0.2, 0.25) is 5.65 Å². The number of oxazole rings is 1. The number of fused-ring (bicyclic) bond motifs is 1. The number of aromatic nitrogens is 2. The van der Waals surface area contributed by atoms with Crippen LogP contribution in [0.5, 0.6) is 0 Å². The standard InChI is InChI=1S/C13H7ClF3N3O/c14-9-4-3-7(6-8(9)13(15,16)17)19-12-20-11-10(21-12)2-1-5-18-11/h1-6H,(H,18,19,20). The highest BCUT2D eigenvalue weighted by molar-refractivity contribution is 6.31. The lowest BCUT2D eigenvalue weighted by atomic mass is 10.2. The highest BCUT2D eigenvalue weighted by Crippen LogP contribution is 2.36. The van der Waals surface area contributed by atoms with Crippen LogP contribution in [-0.4, -0.2) is 9.97 Å². The number of nitrogens with one attached hydrogen (secondary N) is 1. The number of pyridine rings is 1. The van der Waals surface area contributed by atoms with Gasteiger partial charge in [0.15, 0.2) is 5.58 Å². The maximum Gasteiger partial charge on any atom is 0.417 e. The Labute approximate surface area is 121 Å². The van der Waals surface area contributed by atoms with Gasteiger partial charge >= 0.3 is 12.2 Å². The van der Waals surface area contributed by atoms with E-state index in [-0.39, 0.29) is 16.7 Å². The van der Waals surface area contributed by atoms with Crippen LogP contribution in [0.25, 0.3) is 11.2 Å². The molecule has 0 bridgehead atoms. The molecule has 21 heavy (non-hydrogen) atoms. The van der Waals surface area contributed by atoms with Crippen LogP contribution < -0.4 is 5.32 Å². The minimum absolute atomic E-state index is 0.0548. The fourth-order valence-electron chi connectivity index (χ4n) is 1.77. The van der Waals surface area contributed by atoms with E-state index < -0.39 is 11.7 Å². The SMILES string of the molecule is FC(F)(F)c1cc(Nc2nc3ncccc3o2)ccc1Cl. The van der Waals surface area contributed by atoms with E-state index in [1.54, 1.807) is 18.3 Å². The molecule has 2 aromatic heterocycles. The molecule has 4 nitrogen and oxygen atoms in total. The smallest absolute Gasteiger partial charge is 0.417 e. The normalized spacial score (nSPS) is 11.8. The van der Waals surface area contributed by atoms with Crippen LogP contribution in [0.2, 0.25) is 5.02 Å². The maximum absolute atomic E-state index is 12.8. The van der Waals surface area contributed by atoms with Crippen molar-refractivity contribution < 1.29 is 17.6 Å². The van der Waals surface area contributed by atoms with Crippen LogP contribution in [0.1, 0.15) is 5.56 Å². The number of anilines is 2. The molecule has 0 aliphatic carbocycles. The average Bonchev–Trinajstić information content (AvgIpc) is 2.82. The van der Waals surface area contributed by atoms with Crippen molar-refractivity contribution in [2.75, 3.05) is 5.32 Å². The van der Waals surface area contributed by atoms with Crippen LogP contribution >= 0.6 is 11.6 Å². The van der Waals surface area contributed by atoms with Crippen molar-refractivity contribution in [3.8, 4) is 0 Å². The molecule has 8 heteroatoms. The van der Waals surface area contributed by atoms with Gasteiger partial charge < -0.3 is 9.73 Å². The van der Waals surface area contributed by atoms with Crippen molar-refractivity contribution in [1.82, 2.24) is 9.97 Å². The van der Waals surface area contributed by atoms with E-state index in [4.69, 9.17) is 16.0 Å². The van der Waals surface area contributed by atoms with Gasteiger partial charge in [-0.3, -0.25) is 0 Å². The number of benzene rings is 1. The van der Waals surface area contributed by atoms with Crippen molar-refractivity contribution in [1.29, 1.82) is 0 Å². The minimum Gasteiger partial charge on any atom is -0.422 e. The summed E-state index contributed by atoms with van der Waals surface area (Å²) in [6, 6.07) is 6.84. The summed E-state index contributed by atoms with van der Waals surface area (Å²) in [5.41, 5.74) is 0.0386. The molecule has 108 valence electrons. The number of halogens is 4. The Morgan fingerprint density at radius 2 is 2.00 bits per heavy atom. The molecule has 0 saturated heterocycles. The number of alkyl halides is 3. The Kier molecular flexibility index (Phi) is 3.21. The monoisotopic (exact) mass is 313 g/mol. The van der Waals surface area contributed by atoms with Gasteiger partial charge in [0, 0.05) is 11.9 Å². The molecule has 1 N–H and O–H groups in total. The first-order valence-corrected chi connectivity index (χ1v) is 6.16. The molecule has 3 rings (SSSR count). The number of nitrogens with zero attached hydrogens (tertiary/aromatic N) is 2. The summed E-state index contributed by atoms with van der Waals surface area (Å²) in [4.78, 5) is 7.99. The van der Waals surface area contributed by atoms with Gasteiger partial charge in [0.1, 0.15) is 0 Å². The summed E-state index contributed by atoms with van der Waals surface area (Å²) in [5.74, 6) is 0. The second-order valence-electron chi connectivity index (χ2n) is 4.16. The van der Waals surface area contributed by atoms with E-state index in [1.165, 1.54) is 6.07 Å². The van der Waals surface area contributed by atoms with Crippen LogP contribution in [0, 0.1) is 0 Å². The fraction of sp³-hybridized carbons (Fsp3) is 0.0769. The molecular weight excluding hydrogens is 307 g/mol. The van der Waals surface area contributed by atoms with E-state index in [0.717, 1.165) is 12.1 Å². The van der Waals surface area contributed by atoms with E-state index >= 15 is 0 Å². The van der Waals surface area contributed by atoms with Gasteiger partial charge in [-0.2, -0.15) is 18.2 Å². The zero-order valence-corrected chi connectivity index (χ0v) is 11.0. The first kappa shape index (κ1) is 13.7. The Hall–Kier alpha value is -2.28. The van der Waals surface area contributed by atoms with Crippen molar-refractivity contribution in [2.24, 2.45) is 0 Å². The molecule has 0 atom stereocenters. The third-order valence-corrected chi connectivity index (χ3v) is 3.02. The largest absolute Gasteiger partial charge is 0.422 e. The second-order valence-corrected chi connectivity index (χ2v) is 4.57. The highest BCUT2D eigenvalue weighted by atomic mass is 35.5. The summed E-state index contributed by atoms with van der Waals surface area (Å²) in [5, 5.41) is 2.29. The average molecular weight is 314 g/mol. The predicted octanol–water partition coefficient (Wildman–Crippen LogP) is 4.64. The Morgan fingerprint density at radius 3 is 2.71 bits per heavy atom. The quantitative estimate of drug-likeness (QED) is 0.749. The van der Waals surface area contributed by atoms with E-state index in [2.05, 4.69) is 15.3 Å². The van der Waals surface area contributed by atoms with Gasteiger partial charge in [0.25, 0.3) is 0 Å². The number of hydrogen-bond donors (Lipinski definition) is 1. The zero-order valence-electron chi connectivity index (χ0n) is 10.3. The van der Waals surface area contributed by atoms with Gasteiger partial charge in [-0.15, -0.1) is 0 Å². The Bertz CT molecular complexity index is 768. The number of rotatable bonds is 2. The molecule has 3 aromatic rings. The highest BCUT2D eigenvalue weighted by Gasteiger charge is 2.33. The lowest BCUT2D eigenvalue weighted by Gasteiger charge is -2.10. The van der Waals surface area contributed by atoms with E-state index in [1.807, 2.05) is 0 Å². The number of hydrogen-bond acceptors (Lipinski definition) is 4. The molecule has 0 radical (unpaired) electrons. The zero-order chi connectivity index (χ0) is 15.0. The third kappa shape index (κ3) is 2.78. The minimum atomic E-state index is -4.53. The summed E-state index contributed by atoms with van der Waals surface area (Å²) in [7, 11) is 0. The van der Waals surface area contributed by atoms with Crippen LogP contribution in [0.3, 0.4) is 0 Å². The topological polar surface area (TPSA) is 51.0 Å². The second kappa shape index (κ2) is 4.92. The molecule has 0 spiro atoms. The lowest BCUT2D eigenvalue weighted by Crippen LogP contribution is -2.06. The van der Waals surface area contributed by atoms with E-state index in [9.17, 15) is 13.2 Å². The van der Waals surface area contributed by atoms with Crippen molar-refractivity contribution in [2.45, 2.75) is 6.18 Å².